The number of guanidine groups is 1. The Bertz CT molecular complexity index is 855. The van der Waals surface area contributed by atoms with Gasteiger partial charge in [-0.2, -0.15) is 0 Å². The molecule has 1 fully saturated rings. The van der Waals surface area contributed by atoms with E-state index >= 15 is 0 Å². The molecule has 8 nitrogen and oxygen atoms in total. The second-order valence-electron chi connectivity index (χ2n) is 6.65. The van der Waals surface area contributed by atoms with Gasteiger partial charge in [-0.3, -0.25) is 4.79 Å². The normalized spacial score (nSPS) is 18.4. The SMILES string of the molecule is CNC(=O)c1nc(N[C@H]2CCCC[C@H]2N=C(N)N)c2cc(C)ccc2n1.Cl.Cl. The molecule has 2 atom stereocenters. The molecule has 0 aliphatic heterocycles. The number of anilines is 1. The molecule has 28 heavy (non-hydrogen) atoms. The number of hydrogen-bond acceptors (Lipinski definition) is 5. The lowest BCUT2D eigenvalue weighted by atomic mass is 9.90. The Morgan fingerprint density at radius 1 is 1.18 bits per heavy atom. The van der Waals surface area contributed by atoms with E-state index in [4.69, 9.17) is 11.5 Å². The summed E-state index contributed by atoms with van der Waals surface area (Å²) in [6.45, 7) is 2.01. The first-order chi connectivity index (χ1) is 12.5. The van der Waals surface area contributed by atoms with Gasteiger partial charge in [0.05, 0.1) is 17.6 Å². The summed E-state index contributed by atoms with van der Waals surface area (Å²) >= 11 is 0. The molecule has 1 heterocycles. The second kappa shape index (κ2) is 10.3. The molecule has 6 N–H and O–H groups in total. The number of aryl methyl sites for hydroxylation is 1. The van der Waals surface area contributed by atoms with Gasteiger partial charge in [-0.1, -0.05) is 24.5 Å². The van der Waals surface area contributed by atoms with Crippen molar-refractivity contribution < 1.29 is 4.79 Å². The van der Waals surface area contributed by atoms with Crippen LogP contribution >= 0.6 is 24.8 Å². The van der Waals surface area contributed by atoms with Gasteiger partial charge in [0, 0.05) is 12.4 Å². The van der Waals surface area contributed by atoms with Gasteiger partial charge in [0.15, 0.2) is 5.96 Å². The molecule has 2 aromatic rings. The number of aromatic nitrogens is 2. The van der Waals surface area contributed by atoms with Gasteiger partial charge in [0.25, 0.3) is 5.91 Å². The minimum absolute atomic E-state index is 0. The highest BCUT2D eigenvalue weighted by atomic mass is 35.5. The lowest BCUT2D eigenvalue weighted by Crippen LogP contribution is -2.38. The van der Waals surface area contributed by atoms with Crippen LogP contribution in [-0.4, -0.2) is 41.0 Å². The van der Waals surface area contributed by atoms with Crippen molar-refractivity contribution in [2.45, 2.75) is 44.7 Å². The maximum Gasteiger partial charge on any atom is 0.288 e. The van der Waals surface area contributed by atoms with Gasteiger partial charge < -0.3 is 22.1 Å². The van der Waals surface area contributed by atoms with E-state index in [9.17, 15) is 4.79 Å². The summed E-state index contributed by atoms with van der Waals surface area (Å²) in [5.41, 5.74) is 13.0. The van der Waals surface area contributed by atoms with Crippen molar-refractivity contribution in [1.82, 2.24) is 15.3 Å². The molecular weight excluding hydrogens is 401 g/mol. The number of nitrogens with one attached hydrogen (secondary N) is 2. The van der Waals surface area contributed by atoms with Crippen LogP contribution in [0.15, 0.2) is 23.2 Å². The average molecular weight is 428 g/mol. The van der Waals surface area contributed by atoms with Crippen molar-refractivity contribution in [3.63, 3.8) is 0 Å². The summed E-state index contributed by atoms with van der Waals surface area (Å²) in [4.78, 5) is 25.3. The van der Waals surface area contributed by atoms with Gasteiger partial charge in [-0.25, -0.2) is 15.0 Å². The number of amides is 1. The fraction of sp³-hybridized carbons (Fsp3) is 0.444. The first kappa shape index (κ1) is 23.7. The summed E-state index contributed by atoms with van der Waals surface area (Å²) in [7, 11) is 1.56. The quantitative estimate of drug-likeness (QED) is 0.436. The summed E-state index contributed by atoms with van der Waals surface area (Å²) in [6, 6.07) is 5.94. The Balaban J connectivity index is 0.00000196. The summed E-state index contributed by atoms with van der Waals surface area (Å²) < 4.78 is 0. The number of halogens is 2. The zero-order chi connectivity index (χ0) is 18.7. The highest BCUT2D eigenvalue weighted by Gasteiger charge is 2.26. The lowest BCUT2D eigenvalue weighted by molar-refractivity contribution is 0.0953. The minimum Gasteiger partial charge on any atom is -0.370 e. The van der Waals surface area contributed by atoms with Gasteiger partial charge in [-0.15, -0.1) is 24.8 Å². The van der Waals surface area contributed by atoms with Gasteiger partial charge in [0.1, 0.15) is 5.82 Å². The van der Waals surface area contributed by atoms with Gasteiger partial charge in [-0.05, 0) is 31.9 Å². The first-order valence-electron chi connectivity index (χ1n) is 8.83. The molecule has 3 rings (SSSR count). The van der Waals surface area contributed by atoms with Crippen LogP contribution in [-0.2, 0) is 0 Å². The highest BCUT2D eigenvalue weighted by molar-refractivity contribution is 5.96. The molecule has 1 saturated carbocycles. The van der Waals surface area contributed by atoms with Crippen LogP contribution in [0.2, 0.25) is 0 Å². The standard InChI is InChI=1S/C18H25N7O.2ClH/c1-10-7-8-12-11(9-10)15(25-16(22-12)17(26)21-2)23-13-5-3-4-6-14(13)24-18(19)20;;/h7-9,13-14H,3-6H2,1-2H3,(H,21,26)(H4,19,20,24)(H,22,23,25);2*1H/t13-,14+;;/m0../s1. The molecule has 0 radical (unpaired) electrons. The van der Waals surface area contributed by atoms with Gasteiger partial charge in [0.2, 0.25) is 5.82 Å². The Morgan fingerprint density at radius 3 is 2.57 bits per heavy atom. The van der Waals surface area contributed by atoms with Crippen LogP contribution in [0.5, 0.6) is 0 Å². The van der Waals surface area contributed by atoms with Crippen LogP contribution in [0.4, 0.5) is 5.82 Å². The smallest absolute Gasteiger partial charge is 0.288 e. The predicted molar refractivity (Wildman–Crippen MR) is 118 cm³/mol. The van der Waals surface area contributed by atoms with Crippen LogP contribution in [0.1, 0.15) is 41.9 Å². The Morgan fingerprint density at radius 2 is 1.89 bits per heavy atom. The van der Waals surface area contributed by atoms with E-state index in [1.165, 1.54) is 0 Å². The first-order valence-corrected chi connectivity index (χ1v) is 8.83. The van der Waals surface area contributed by atoms with Crippen molar-refractivity contribution in [3.05, 3.63) is 29.6 Å². The molecule has 1 aliphatic rings. The van der Waals surface area contributed by atoms with E-state index in [2.05, 4.69) is 25.6 Å². The molecule has 1 aliphatic carbocycles. The van der Waals surface area contributed by atoms with E-state index in [-0.39, 0.29) is 54.6 Å². The summed E-state index contributed by atoms with van der Waals surface area (Å²) in [5, 5.41) is 6.93. The fourth-order valence-corrected chi connectivity index (χ4v) is 3.37. The van der Waals surface area contributed by atoms with Crippen LogP contribution in [0.25, 0.3) is 10.9 Å². The molecule has 0 spiro atoms. The highest BCUT2D eigenvalue weighted by Crippen LogP contribution is 2.28. The van der Waals surface area contributed by atoms with E-state index in [1.807, 2.05) is 25.1 Å². The van der Waals surface area contributed by atoms with Crippen LogP contribution in [0, 0.1) is 6.92 Å². The predicted octanol–water partition coefficient (Wildman–Crippen LogP) is 2.14. The van der Waals surface area contributed by atoms with Crippen molar-refractivity contribution in [2.24, 2.45) is 16.5 Å². The molecule has 1 aromatic carbocycles. The van der Waals surface area contributed by atoms with Crippen molar-refractivity contribution in [2.75, 3.05) is 12.4 Å². The third-order valence-electron chi connectivity index (χ3n) is 4.65. The molecule has 0 bridgehead atoms. The van der Waals surface area contributed by atoms with Gasteiger partial charge >= 0.3 is 0 Å². The third-order valence-corrected chi connectivity index (χ3v) is 4.65. The molecule has 10 heteroatoms. The van der Waals surface area contributed by atoms with Crippen LogP contribution in [0.3, 0.4) is 0 Å². The number of benzene rings is 1. The Kier molecular flexibility index (Phi) is 8.71. The average Bonchev–Trinajstić information content (AvgIpc) is 2.62. The Labute approximate surface area is 176 Å². The maximum absolute atomic E-state index is 12.1. The van der Waals surface area contributed by atoms with E-state index in [1.54, 1.807) is 7.05 Å². The third kappa shape index (κ3) is 5.36. The fourth-order valence-electron chi connectivity index (χ4n) is 3.37. The van der Waals surface area contributed by atoms with Crippen molar-refractivity contribution >= 4 is 53.4 Å². The number of aliphatic imine (C=N–C) groups is 1. The molecule has 1 amide bonds. The number of nitrogens with zero attached hydrogens (tertiary/aromatic N) is 3. The molecular formula is C18H27Cl2N7O. The number of carbonyl (C=O) groups excluding carboxylic acids is 1. The zero-order valence-corrected chi connectivity index (χ0v) is 17.6. The van der Waals surface area contributed by atoms with E-state index in [0.717, 1.165) is 42.1 Å². The number of nitrogens with two attached hydrogens (primary N) is 2. The number of carbonyl (C=O) groups is 1. The summed E-state index contributed by atoms with van der Waals surface area (Å²) in [6.07, 6.45) is 4.04. The monoisotopic (exact) mass is 427 g/mol. The number of hydrogen-bond donors (Lipinski definition) is 4. The summed E-state index contributed by atoms with van der Waals surface area (Å²) in [5.74, 6) is 0.554. The molecule has 1 aromatic heterocycles. The molecule has 0 unspecified atom stereocenters. The van der Waals surface area contributed by atoms with E-state index < -0.39 is 0 Å². The maximum atomic E-state index is 12.1. The van der Waals surface area contributed by atoms with E-state index in [0.29, 0.717) is 5.82 Å². The lowest BCUT2D eigenvalue weighted by Gasteiger charge is -2.30. The van der Waals surface area contributed by atoms with Crippen molar-refractivity contribution in [1.29, 1.82) is 0 Å². The molecule has 0 saturated heterocycles. The van der Waals surface area contributed by atoms with Crippen molar-refractivity contribution in [3.8, 4) is 0 Å². The zero-order valence-electron chi connectivity index (χ0n) is 15.9. The largest absolute Gasteiger partial charge is 0.370 e. The number of rotatable bonds is 4. The second-order valence-corrected chi connectivity index (χ2v) is 6.65. The number of fused-ring (bicyclic) bond motifs is 1. The van der Waals surface area contributed by atoms with Crippen LogP contribution < -0.4 is 22.1 Å². The Hall–Kier alpha value is -2.32. The minimum atomic E-state index is -0.319. The topological polar surface area (TPSA) is 131 Å². The molecule has 154 valence electrons.